The molecule has 0 spiro atoms. The molecule has 2 rings (SSSR count). The second-order valence-electron chi connectivity index (χ2n) is 3.49. The van der Waals surface area contributed by atoms with Gasteiger partial charge in [-0.15, -0.1) is 11.6 Å². The van der Waals surface area contributed by atoms with Crippen LogP contribution in [0.1, 0.15) is 16.8 Å². The minimum atomic E-state index is -0.0643. The van der Waals surface area contributed by atoms with Crippen LogP contribution in [0.4, 0.5) is 0 Å². The number of carbonyl (C=O) groups excluding carboxylic acids is 1. The Morgan fingerprint density at radius 1 is 1.60 bits per heavy atom. The first-order chi connectivity index (χ1) is 7.18. The standard InChI is InChI=1S/C10H10Cl2N2O/c11-7-2-4-14(6-7)10(15)8-1-3-13-5-9(8)12/h1,3,5,7H,2,4,6H2. The number of rotatable bonds is 1. The minimum Gasteiger partial charge on any atom is -0.337 e. The first kappa shape index (κ1) is 10.7. The Labute approximate surface area is 98.0 Å². The van der Waals surface area contributed by atoms with E-state index in [0.717, 1.165) is 6.42 Å². The molecular formula is C10H10Cl2N2O. The van der Waals surface area contributed by atoms with Crippen molar-refractivity contribution in [3.63, 3.8) is 0 Å². The van der Waals surface area contributed by atoms with Crippen molar-refractivity contribution < 1.29 is 4.79 Å². The van der Waals surface area contributed by atoms with Gasteiger partial charge < -0.3 is 4.90 Å². The number of alkyl halides is 1. The number of aromatic nitrogens is 1. The van der Waals surface area contributed by atoms with E-state index in [1.165, 1.54) is 6.20 Å². The van der Waals surface area contributed by atoms with Crippen LogP contribution in [-0.2, 0) is 0 Å². The van der Waals surface area contributed by atoms with E-state index in [1.54, 1.807) is 17.2 Å². The molecule has 2 heterocycles. The van der Waals surface area contributed by atoms with Crippen LogP contribution in [0, 0.1) is 0 Å². The number of halogens is 2. The zero-order valence-corrected chi connectivity index (χ0v) is 9.50. The summed E-state index contributed by atoms with van der Waals surface area (Å²) < 4.78 is 0. The van der Waals surface area contributed by atoms with Gasteiger partial charge in [0.25, 0.3) is 5.91 Å². The lowest BCUT2D eigenvalue weighted by Crippen LogP contribution is -2.29. The predicted molar refractivity (Wildman–Crippen MR) is 59.4 cm³/mol. The van der Waals surface area contributed by atoms with Gasteiger partial charge in [-0.3, -0.25) is 9.78 Å². The number of hydrogen-bond acceptors (Lipinski definition) is 2. The van der Waals surface area contributed by atoms with E-state index < -0.39 is 0 Å². The largest absolute Gasteiger partial charge is 0.337 e. The molecule has 0 aliphatic carbocycles. The molecule has 1 saturated heterocycles. The highest BCUT2D eigenvalue weighted by molar-refractivity contribution is 6.33. The van der Waals surface area contributed by atoms with E-state index in [1.807, 2.05) is 0 Å². The van der Waals surface area contributed by atoms with Crippen LogP contribution < -0.4 is 0 Å². The van der Waals surface area contributed by atoms with Crippen LogP contribution in [0.5, 0.6) is 0 Å². The number of carbonyl (C=O) groups is 1. The summed E-state index contributed by atoms with van der Waals surface area (Å²) in [6.07, 6.45) is 3.88. The summed E-state index contributed by atoms with van der Waals surface area (Å²) in [5.74, 6) is -0.0643. The number of pyridine rings is 1. The number of amides is 1. The van der Waals surface area contributed by atoms with Crippen LogP contribution in [0.15, 0.2) is 18.5 Å². The van der Waals surface area contributed by atoms with E-state index in [2.05, 4.69) is 4.98 Å². The van der Waals surface area contributed by atoms with Crippen molar-refractivity contribution in [3.05, 3.63) is 29.0 Å². The van der Waals surface area contributed by atoms with Gasteiger partial charge in [0.05, 0.1) is 16.0 Å². The van der Waals surface area contributed by atoms with Crippen LogP contribution in [0.3, 0.4) is 0 Å². The van der Waals surface area contributed by atoms with Gasteiger partial charge in [0.1, 0.15) is 0 Å². The fraction of sp³-hybridized carbons (Fsp3) is 0.400. The maximum Gasteiger partial charge on any atom is 0.255 e. The minimum absolute atomic E-state index is 0.0643. The fourth-order valence-corrected chi connectivity index (χ4v) is 2.09. The lowest BCUT2D eigenvalue weighted by atomic mass is 10.2. The van der Waals surface area contributed by atoms with E-state index in [0.29, 0.717) is 23.7 Å². The molecule has 80 valence electrons. The number of nitrogens with zero attached hydrogens (tertiary/aromatic N) is 2. The summed E-state index contributed by atoms with van der Waals surface area (Å²) in [6, 6.07) is 1.63. The molecule has 1 aromatic heterocycles. The molecule has 1 unspecified atom stereocenters. The SMILES string of the molecule is O=C(c1ccncc1Cl)N1CCC(Cl)C1. The Bertz CT molecular complexity index is 383. The first-order valence-corrected chi connectivity index (χ1v) is 5.53. The van der Waals surface area contributed by atoms with Gasteiger partial charge >= 0.3 is 0 Å². The van der Waals surface area contributed by atoms with Gasteiger partial charge in [0, 0.05) is 25.5 Å². The molecule has 0 aromatic carbocycles. The van der Waals surface area contributed by atoms with Crippen molar-refractivity contribution in [1.29, 1.82) is 0 Å². The van der Waals surface area contributed by atoms with Crippen LogP contribution >= 0.6 is 23.2 Å². The van der Waals surface area contributed by atoms with Crippen molar-refractivity contribution in [2.24, 2.45) is 0 Å². The molecule has 3 nitrogen and oxygen atoms in total. The Balaban J connectivity index is 2.18. The normalized spacial score (nSPS) is 20.7. The number of hydrogen-bond donors (Lipinski definition) is 0. The third-order valence-corrected chi connectivity index (χ3v) is 3.08. The Hall–Kier alpha value is -0.800. The quantitative estimate of drug-likeness (QED) is 0.710. The molecule has 1 aliphatic heterocycles. The Morgan fingerprint density at radius 3 is 3.00 bits per heavy atom. The summed E-state index contributed by atoms with van der Waals surface area (Å²) >= 11 is 11.8. The van der Waals surface area contributed by atoms with Gasteiger partial charge in [-0.2, -0.15) is 0 Å². The molecule has 1 aromatic rings. The molecule has 0 bridgehead atoms. The molecule has 15 heavy (non-hydrogen) atoms. The smallest absolute Gasteiger partial charge is 0.255 e. The number of likely N-dealkylation sites (tertiary alicyclic amines) is 1. The average Bonchev–Trinajstić information content (AvgIpc) is 2.65. The summed E-state index contributed by atoms with van der Waals surface area (Å²) in [6.45, 7) is 1.30. The molecule has 1 amide bonds. The highest BCUT2D eigenvalue weighted by atomic mass is 35.5. The topological polar surface area (TPSA) is 33.2 Å². The lowest BCUT2D eigenvalue weighted by molar-refractivity contribution is 0.0793. The zero-order chi connectivity index (χ0) is 10.8. The second kappa shape index (κ2) is 4.37. The molecule has 1 aliphatic rings. The summed E-state index contributed by atoms with van der Waals surface area (Å²) in [4.78, 5) is 17.5. The van der Waals surface area contributed by atoms with Gasteiger partial charge in [-0.1, -0.05) is 11.6 Å². The van der Waals surface area contributed by atoms with Crippen molar-refractivity contribution in [2.75, 3.05) is 13.1 Å². The Kier molecular flexibility index (Phi) is 3.12. The molecular weight excluding hydrogens is 235 g/mol. The molecule has 0 saturated carbocycles. The summed E-state index contributed by atoms with van der Waals surface area (Å²) in [5.41, 5.74) is 0.498. The van der Waals surface area contributed by atoms with Gasteiger partial charge in [0.15, 0.2) is 0 Å². The van der Waals surface area contributed by atoms with Crippen LogP contribution in [0.2, 0.25) is 5.02 Å². The molecule has 0 radical (unpaired) electrons. The highest BCUT2D eigenvalue weighted by Crippen LogP contribution is 2.20. The molecule has 1 atom stereocenters. The third kappa shape index (κ3) is 2.24. The molecule has 5 heteroatoms. The second-order valence-corrected chi connectivity index (χ2v) is 4.52. The van der Waals surface area contributed by atoms with Gasteiger partial charge in [0.2, 0.25) is 0 Å². The summed E-state index contributed by atoms with van der Waals surface area (Å²) in [5, 5.41) is 0.454. The molecule has 0 N–H and O–H groups in total. The fourth-order valence-electron chi connectivity index (χ4n) is 1.62. The highest BCUT2D eigenvalue weighted by Gasteiger charge is 2.26. The van der Waals surface area contributed by atoms with Gasteiger partial charge in [-0.05, 0) is 12.5 Å². The maximum absolute atomic E-state index is 12.0. The van der Waals surface area contributed by atoms with E-state index in [9.17, 15) is 4.79 Å². The van der Waals surface area contributed by atoms with E-state index in [-0.39, 0.29) is 11.3 Å². The third-order valence-electron chi connectivity index (χ3n) is 2.42. The van der Waals surface area contributed by atoms with Crippen molar-refractivity contribution in [1.82, 2.24) is 9.88 Å². The van der Waals surface area contributed by atoms with Crippen molar-refractivity contribution in [2.45, 2.75) is 11.8 Å². The first-order valence-electron chi connectivity index (χ1n) is 4.71. The van der Waals surface area contributed by atoms with E-state index >= 15 is 0 Å². The van der Waals surface area contributed by atoms with Crippen molar-refractivity contribution in [3.8, 4) is 0 Å². The van der Waals surface area contributed by atoms with Gasteiger partial charge in [-0.25, -0.2) is 0 Å². The van der Waals surface area contributed by atoms with Crippen molar-refractivity contribution >= 4 is 29.1 Å². The van der Waals surface area contributed by atoms with E-state index in [4.69, 9.17) is 23.2 Å². The monoisotopic (exact) mass is 244 g/mol. The molecule has 1 fully saturated rings. The van der Waals surface area contributed by atoms with Crippen LogP contribution in [0.25, 0.3) is 0 Å². The lowest BCUT2D eigenvalue weighted by Gasteiger charge is -2.15. The zero-order valence-electron chi connectivity index (χ0n) is 7.99. The average molecular weight is 245 g/mol. The maximum atomic E-state index is 12.0. The van der Waals surface area contributed by atoms with Crippen LogP contribution in [-0.4, -0.2) is 34.3 Å². The Morgan fingerprint density at radius 2 is 2.40 bits per heavy atom. The predicted octanol–water partition coefficient (Wildman–Crippen LogP) is 2.19. The summed E-state index contributed by atoms with van der Waals surface area (Å²) in [7, 11) is 0.